The van der Waals surface area contributed by atoms with Crippen molar-refractivity contribution in [3.05, 3.63) is 34.2 Å². The van der Waals surface area contributed by atoms with E-state index in [4.69, 9.17) is 5.73 Å². The Morgan fingerprint density at radius 1 is 1.50 bits per heavy atom. The molecule has 0 aliphatic heterocycles. The van der Waals surface area contributed by atoms with Crippen molar-refractivity contribution in [2.45, 2.75) is 4.43 Å². The number of hydrogen-bond donors (Lipinski definition) is 2. The molecule has 0 aliphatic rings. The van der Waals surface area contributed by atoms with Gasteiger partial charge >= 0.3 is 5.69 Å². The summed E-state index contributed by atoms with van der Waals surface area (Å²) in [4.78, 5) is 17.4. The Hall–Kier alpha value is -1.11. The summed E-state index contributed by atoms with van der Waals surface area (Å²) in [7, 11) is 0. The number of hydrogen-bond acceptors (Lipinski definition) is 3. The fourth-order valence-corrected chi connectivity index (χ4v) is 2.06. The molecule has 0 saturated carbocycles. The number of nitrogen functional groups attached to an aromatic ring is 1. The van der Waals surface area contributed by atoms with E-state index >= 15 is 0 Å². The molecule has 1 aromatic carbocycles. The molecule has 2 aromatic rings. The normalized spacial score (nSPS) is 10.6. The highest BCUT2D eigenvalue weighted by Gasteiger charge is 2.05. The minimum atomic E-state index is -0.402. The minimum Gasteiger partial charge on any atom is -0.383 e. The number of rotatable bonds is 1. The summed E-state index contributed by atoms with van der Waals surface area (Å²) in [6.45, 7) is 0. The molecule has 0 unspecified atom stereocenters. The highest BCUT2D eigenvalue weighted by Crippen LogP contribution is 2.22. The molecule has 0 amide bonds. The van der Waals surface area contributed by atoms with Gasteiger partial charge in [-0.15, -0.1) is 0 Å². The number of fused-ring (bicyclic) bond motifs is 1. The molecule has 14 heavy (non-hydrogen) atoms. The molecule has 0 bridgehead atoms. The van der Waals surface area contributed by atoms with Gasteiger partial charge < -0.3 is 10.7 Å². The van der Waals surface area contributed by atoms with E-state index in [-0.39, 0.29) is 0 Å². The van der Waals surface area contributed by atoms with Crippen molar-refractivity contribution in [3.8, 4) is 0 Å². The van der Waals surface area contributed by atoms with Gasteiger partial charge in [0.2, 0.25) is 0 Å². The summed E-state index contributed by atoms with van der Waals surface area (Å²) in [6, 6.07) is 5.70. The van der Waals surface area contributed by atoms with Crippen LogP contribution in [0.15, 0.2) is 23.0 Å². The van der Waals surface area contributed by atoms with Crippen LogP contribution in [-0.4, -0.2) is 9.97 Å². The predicted molar refractivity (Wildman–Crippen MR) is 64.5 cm³/mol. The Bertz CT molecular complexity index is 535. The van der Waals surface area contributed by atoms with Crippen molar-refractivity contribution < 1.29 is 0 Å². The second-order valence-electron chi connectivity index (χ2n) is 2.90. The van der Waals surface area contributed by atoms with Crippen LogP contribution in [0.5, 0.6) is 0 Å². The first-order valence-electron chi connectivity index (χ1n) is 4.05. The van der Waals surface area contributed by atoms with Crippen LogP contribution in [0, 0.1) is 0 Å². The van der Waals surface area contributed by atoms with Gasteiger partial charge in [-0.25, -0.2) is 4.79 Å². The van der Waals surface area contributed by atoms with Crippen LogP contribution in [0.4, 0.5) is 5.82 Å². The number of benzene rings is 1. The number of nitrogens with one attached hydrogen (secondary N) is 1. The molecule has 0 saturated heterocycles. The third-order valence-electron chi connectivity index (χ3n) is 2.01. The number of aromatic amines is 1. The van der Waals surface area contributed by atoms with Crippen molar-refractivity contribution in [1.82, 2.24) is 9.97 Å². The standard InChI is InChI=1S/C9H8IN3O/c10-4-5-2-1-3-6-7(5)8(11)13-9(14)12-6/h1-3H,4H2,(H3,11,12,13,14). The number of halogens is 1. The SMILES string of the molecule is Nc1nc(=O)[nH]c2cccc(CI)c12. The fraction of sp³-hybridized carbons (Fsp3) is 0.111. The topological polar surface area (TPSA) is 71.8 Å². The van der Waals surface area contributed by atoms with E-state index in [1.807, 2.05) is 18.2 Å². The molecule has 5 heteroatoms. The van der Waals surface area contributed by atoms with Gasteiger partial charge in [-0.2, -0.15) is 4.98 Å². The molecule has 0 aliphatic carbocycles. The lowest BCUT2D eigenvalue weighted by atomic mass is 10.1. The van der Waals surface area contributed by atoms with E-state index in [2.05, 4.69) is 32.6 Å². The lowest BCUT2D eigenvalue weighted by Crippen LogP contribution is -2.13. The summed E-state index contributed by atoms with van der Waals surface area (Å²) in [5, 5.41) is 0.849. The van der Waals surface area contributed by atoms with E-state index < -0.39 is 5.69 Å². The zero-order valence-electron chi connectivity index (χ0n) is 7.25. The molecule has 1 aromatic heterocycles. The van der Waals surface area contributed by atoms with Crippen LogP contribution in [-0.2, 0) is 4.43 Å². The van der Waals surface area contributed by atoms with E-state index in [1.54, 1.807) is 0 Å². The van der Waals surface area contributed by atoms with Crippen LogP contribution in [0.1, 0.15) is 5.56 Å². The summed E-state index contributed by atoms with van der Waals surface area (Å²) < 4.78 is 0.840. The van der Waals surface area contributed by atoms with Gasteiger partial charge in [0.1, 0.15) is 5.82 Å². The summed E-state index contributed by atoms with van der Waals surface area (Å²) in [6.07, 6.45) is 0. The summed E-state index contributed by atoms with van der Waals surface area (Å²) >= 11 is 2.25. The van der Waals surface area contributed by atoms with Crippen molar-refractivity contribution in [2.75, 3.05) is 5.73 Å². The predicted octanol–water partition coefficient (Wildman–Crippen LogP) is 1.44. The highest BCUT2D eigenvalue weighted by molar-refractivity contribution is 14.1. The maximum absolute atomic E-state index is 11.1. The highest BCUT2D eigenvalue weighted by atomic mass is 127. The van der Waals surface area contributed by atoms with Crippen molar-refractivity contribution >= 4 is 39.3 Å². The molecular weight excluding hydrogens is 293 g/mol. The minimum absolute atomic E-state index is 0.302. The monoisotopic (exact) mass is 301 g/mol. The van der Waals surface area contributed by atoms with Gasteiger partial charge in [0.15, 0.2) is 0 Å². The summed E-state index contributed by atoms with van der Waals surface area (Å²) in [5.41, 5.74) is 7.13. The third-order valence-corrected chi connectivity index (χ3v) is 2.84. The Balaban J connectivity index is 2.94. The molecule has 1 heterocycles. The van der Waals surface area contributed by atoms with Gasteiger partial charge in [-0.3, -0.25) is 0 Å². The zero-order valence-corrected chi connectivity index (χ0v) is 9.41. The van der Waals surface area contributed by atoms with Crippen molar-refractivity contribution in [1.29, 1.82) is 0 Å². The Morgan fingerprint density at radius 2 is 2.29 bits per heavy atom. The molecule has 0 radical (unpaired) electrons. The number of alkyl halides is 1. The first-order valence-corrected chi connectivity index (χ1v) is 5.58. The first-order chi connectivity index (χ1) is 6.72. The van der Waals surface area contributed by atoms with E-state index in [1.165, 1.54) is 0 Å². The van der Waals surface area contributed by atoms with Gasteiger partial charge in [0.05, 0.1) is 5.52 Å². The third kappa shape index (κ3) is 1.47. The van der Waals surface area contributed by atoms with E-state index in [9.17, 15) is 4.79 Å². The molecule has 0 spiro atoms. The number of nitrogens with two attached hydrogens (primary N) is 1. The van der Waals surface area contributed by atoms with E-state index in [0.29, 0.717) is 5.82 Å². The molecule has 0 atom stereocenters. The van der Waals surface area contributed by atoms with Crippen LogP contribution in [0.2, 0.25) is 0 Å². The smallest absolute Gasteiger partial charge is 0.347 e. The van der Waals surface area contributed by atoms with Crippen molar-refractivity contribution in [2.24, 2.45) is 0 Å². The Labute approximate surface area is 93.7 Å². The second kappa shape index (κ2) is 3.56. The summed E-state index contributed by atoms with van der Waals surface area (Å²) in [5.74, 6) is 0.302. The Kier molecular flexibility index (Phi) is 2.40. The Morgan fingerprint density at radius 3 is 3.00 bits per heavy atom. The van der Waals surface area contributed by atoms with Crippen LogP contribution in [0.25, 0.3) is 10.9 Å². The van der Waals surface area contributed by atoms with Crippen LogP contribution in [0.3, 0.4) is 0 Å². The second-order valence-corrected chi connectivity index (χ2v) is 3.66. The van der Waals surface area contributed by atoms with Gasteiger partial charge in [-0.1, -0.05) is 34.7 Å². The quantitative estimate of drug-likeness (QED) is 0.618. The average molecular weight is 301 g/mol. The lowest BCUT2D eigenvalue weighted by molar-refractivity contribution is 1.12. The van der Waals surface area contributed by atoms with Gasteiger partial charge in [-0.05, 0) is 11.6 Å². The molecular formula is C9H8IN3O. The maximum atomic E-state index is 11.1. The van der Waals surface area contributed by atoms with Crippen LogP contribution < -0.4 is 11.4 Å². The first kappa shape index (κ1) is 9.45. The van der Waals surface area contributed by atoms with Gasteiger partial charge in [0, 0.05) is 9.81 Å². The lowest BCUT2D eigenvalue weighted by Gasteiger charge is -2.04. The largest absolute Gasteiger partial charge is 0.383 e. The molecule has 3 N–H and O–H groups in total. The number of H-pyrrole nitrogens is 1. The van der Waals surface area contributed by atoms with Gasteiger partial charge in [0.25, 0.3) is 0 Å². The molecule has 0 fully saturated rings. The number of anilines is 1. The van der Waals surface area contributed by atoms with Crippen LogP contribution >= 0.6 is 22.6 Å². The van der Waals surface area contributed by atoms with E-state index in [0.717, 1.165) is 20.9 Å². The molecule has 72 valence electrons. The zero-order chi connectivity index (χ0) is 10.1. The number of aromatic nitrogens is 2. The maximum Gasteiger partial charge on any atom is 0.347 e. The molecule has 4 nitrogen and oxygen atoms in total. The fourth-order valence-electron chi connectivity index (χ4n) is 1.43. The average Bonchev–Trinajstić information content (AvgIpc) is 2.16. The van der Waals surface area contributed by atoms with Crippen molar-refractivity contribution in [3.63, 3.8) is 0 Å². The number of nitrogens with zero attached hydrogens (tertiary/aromatic N) is 1. The molecule has 2 rings (SSSR count).